The molecule has 0 aliphatic heterocycles. The number of pyridine rings is 1. The highest BCUT2D eigenvalue weighted by Crippen LogP contribution is 2.29. The maximum atomic E-state index is 10.1. The molecule has 0 aliphatic carbocycles. The molecule has 23 heavy (non-hydrogen) atoms. The van der Waals surface area contributed by atoms with Crippen LogP contribution in [0.5, 0.6) is 0 Å². The van der Waals surface area contributed by atoms with Gasteiger partial charge in [-0.1, -0.05) is 0 Å². The van der Waals surface area contributed by atoms with Crippen LogP contribution >= 0.6 is 0 Å². The lowest BCUT2D eigenvalue weighted by Crippen LogP contribution is -2.04. The Morgan fingerprint density at radius 1 is 1.26 bits per heavy atom. The van der Waals surface area contributed by atoms with E-state index >= 15 is 0 Å². The molecule has 4 rings (SSSR count). The van der Waals surface area contributed by atoms with Crippen molar-refractivity contribution < 1.29 is 5.11 Å². The Morgan fingerprint density at radius 3 is 2.74 bits per heavy atom. The zero-order valence-electron chi connectivity index (χ0n) is 12.4. The number of nitrogens with zero attached hydrogens (tertiary/aromatic N) is 4. The van der Waals surface area contributed by atoms with Gasteiger partial charge in [-0.05, 0) is 37.3 Å². The van der Waals surface area contributed by atoms with Crippen LogP contribution in [0.1, 0.15) is 24.4 Å². The Labute approximate surface area is 131 Å². The van der Waals surface area contributed by atoms with Gasteiger partial charge >= 0.3 is 0 Å². The Balaban J connectivity index is 2.11. The fourth-order valence-electron chi connectivity index (χ4n) is 2.81. The van der Waals surface area contributed by atoms with Crippen molar-refractivity contribution in [1.82, 2.24) is 19.5 Å². The lowest BCUT2D eigenvalue weighted by Gasteiger charge is -2.11. The Hall–Kier alpha value is -3.17. The standard InChI is InChI=1S/C17H13N5O/c1-10(23)17-21-14-9-20-16-13(6-7-19-16)15(14)22(17)12-4-2-11(8-18)3-5-12/h2-7,9-10,23H,1H3,(H,19,20). The normalized spacial score (nSPS) is 12.6. The van der Waals surface area contributed by atoms with Crippen LogP contribution in [0.3, 0.4) is 0 Å². The van der Waals surface area contributed by atoms with E-state index in [9.17, 15) is 5.11 Å². The number of aromatic nitrogens is 4. The molecule has 2 N–H and O–H groups in total. The van der Waals surface area contributed by atoms with Gasteiger partial charge in [-0.25, -0.2) is 9.97 Å². The van der Waals surface area contributed by atoms with Gasteiger partial charge in [0.15, 0.2) is 0 Å². The number of hydrogen-bond acceptors (Lipinski definition) is 4. The Morgan fingerprint density at radius 2 is 2.04 bits per heavy atom. The van der Waals surface area contributed by atoms with Gasteiger partial charge < -0.3 is 10.1 Å². The molecule has 3 heterocycles. The average molecular weight is 303 g/mol. The van der Waals surface area contributed by atoms with E-state index in [4.69, 9.17) is 5.26 Å². The molecule has 6 nitrogen and oxygen atoms in total. The van der Waals surface area contributed by atoms with E-state index < -0.39 is 6.10 Å². The van der Waals surface area contributed by atoms with Gasteiger partial charge in [-0.3, -0.25) is 4.57 Å². The molecule has 0 aliphatic rings. The van der Waals surface area contributed by atoms with Gasteiger partial charge in [0.05, 0.1) is 23.3 Å². The fraction of sp³-hybridized carbons (Fsp3) is 0.118. The third-order valence-corrected chi connectivity index (χ3v) is 3.85. The van der Waals surface area contributed by atoms with E-state index in [-0.39, 0.29) is 0 Å². The van der Waals surface area contributed by atoms with E-state index in [1.165, 1.54) is 0 Å². The first-order valence-corrected chi connectivity index (χ1v) is 7.22. The van der Waals surface area contributed by atoms with Gasteiger partial charge in [-0.2, -0.15) is 5.26 Å². The van der Waals surface area contributed by atoms with Gasteiger partial charge in [0.1, 0.15) is 23.1 Å². The zero-order valence-corrected chi connectivity index (χ0v) is 12.4. The average Bonchev–Trinajstić information content (AvgIpc) is 3.18. The predicted molar refractivity (Wildman–Crippen MR) is 86.1 cm³/mol. The van der Waals surface area contributed by atoms with Crippen LogP contribution in [-0.4, -0.2) is 24.6 Å². The molecule has 1 unspecified atom stereocenters. The van der Waals surface area contributed by atoms with E-state index in [0.717, 1.165) is 27.8 Å². The van der Waals surface area contributed by atoms with Crippen LogP contribution in [0.15, 0.2) is 42.7 Å². The topological polar surface area (TPSA) is 90.5 Å². The molecule has 0 saturated carbocycles. The number of imidazole rings is 1. The summed E-state index contributed by atoms with van der Waals surface area (Å²) in [5.41, 5.74) is 3.81. The zero-order chi connectivity index (χ0) is 16.0. The van der Waals surface area contributed by atoms with Gasteiger partial charge in [0.25, 0.3) is 0 Å². The van der Waals surface area contributed by atoms with Crippen LogP contribution in [0.4, 0.5) is 0 Å². The molecule has 0 saturated heterocycles. The molecule has 0 amide bonds. The molecule has 0 spiro atoms. The lowest BCUT2D eigenvalue weighted by atomic mass is 10.2. The summed E-state index contributed by atoms with van der Waals surface area (Å²) in [6.07, 6.45) is 2.79. The van der Waals surface area contributed by atoms with E-state index in [1.54, 1.807) is 25.3 Å². The van der Waals surface area contributed by atoms with E-state index in [1.807, 2.05) is 29.0 Å². The maximum absolute atomic E-state index is 10.1. The predicted octanol–water partition coefficient (Wildman–Crippen LogP) is 2.83. The van der Waals surface area contributed by atoms with E-state index in [0.29, 0.717) is 11.4 Å². The maximum Gasteiger partial charge on any atom is 0.143 e. The number of benzene rings is 1. The summed E-state index contributed by atoms with van der Waals surface area (Å²) in [6, 6.07) is 11.3. The van der Waals surface area contributed by atoms with Crippen LogP contribution in [-0.2, 0) is 0 Å². The third kappa shape index (κ3) is 1.99. The summed E-state index contributed by atoms with van der Waals surface area (Å²) in [4.78, 5) is 12.0. The summed E-state index contributed by atoms with van der Waals surface area (Å²) < 4.78 is 1.92. The summed E-state index contributed by atoms with van der Waals surface area (Å²) in [7, 11) is 0. The molecule has 0 fully saturated rings. The number of aliphatic hydroxyl groups excluding tert-OH is 1. The van der Waals surface area contributed by atoms with Crippen molar-refractivity contribution in [3.05, 3.63) is 54.1 Å². The summed E-state index contributed by atoms with van der Waals surface area (Å²) in [5.74, 6) is 0.542. The fourth-order valence-corrected chi connectivity index (χ4v) is 2.81. The Bertz CT molecular complexity index is 1050. The number of H-pyrrole nitrogens is 1. The monoisotopic (exact) mass is 303 g/mol. The van der Waals surface area contributed by atoms with Crippen molar-refractivity contribution in [2.45, 2.75) is 13.0 Å². The van der Waals surface area contributed by atoms with Crippen molar-refractivity contribution in [1.29, 1.82) is 5.26 Å². The minimum atomic E-state index is -0.730. The van der Waals surface area contributed by atoms with Crippen molar-refractivity contribution in [3.8, 4) is 11.8 Å². The highest BCUT2D eigenvalue weighted by Gasteiger charge is 2.19. The largest absolute Gasteiger partial charge is 0.385 e. The molecule has 3 aromatic heterocycles. The number of fused-ring (bicyclic) bond motifs is 3. The molecule has 1 atom stereocenters. The molecular formula is C17H13N5O. The van der Waals surface area contributed by atoms with Crippen molar-refractivity contribution >= 4 is 22.1 Å². The van der Waals surface area contributed by atoms with Crippen LogP contribution < -0.4 is 0 Å². The van der Waals surface area contributed by atoms with Crippen molar-refractivity contribution in [2.24, 2.45) is 0 Å². The first-order valence-electron chi connectivity index (χ1n) is 7.22. The number of hydrogen-bond donors (Lipinski definition) is 2. The molecule has 1 aromatic carbocycles. The molecule has 0 radical (unpaired) electrons. The molecule has 112 valence electrons. The van der Waals surface area contributed by atoms with Crippen LogP contribution in [0, 0.1) is 11.3 Å². The number of aliphatic hydroxyl groups is 1. The second kappa shape index (κ2) is 4.93. The quantitative estimate of drug-likeness (QED) is 0.595. The number of rotatable bonds is 2. The van der Waals surface area contributed by atoms with Gasteiger partial charge in [-0.15, -0.1) is 0 Å². The molecule has 4 aromatic rings. The molecular weight excluding hydrogens is 290 g/mol. The van der Waals surface area contributed by atoms with Gasteiger partial charge in [0, 0.05) is 17.3 Å². The summed E-state index contributed by atoms with van der Waals surface area (Å²) in [5, 5.41) is 20.0. The lowest BCUT2D eigenvalue weighted by molar-refractivity contribution is 0.187. The highest BCUT2D eigenvalue weighted by atomic mass is 16.3. The van der Waals surface area contributed by atoms with Crippen LogP contribution in [0.2, 0.25) is 0 Å². The Kier molecular flexibility index (Phi) is 2.89. The number of aromatic amines is 1. The first kappa shape index (κ1) is 13.5. The third-order valence-electron chi connectivity index (χ3n) is 3.85. The minimum absolute atomic E-state index is 0.542. The smallest absolute Gasteiger partial charge is 0.143 e. The number of nitrogens with one attached hydrogen (secondary N) is 1. The number of nitriles is 1. The summed E-state index contributed by atoms with van der Waals surface area (Å²) in [6.45, 7) is 1.68. The second-order valence-corrected chi connectivity index (χ2v) is 5.37. The van der Waals surface area contributed by atoms with Crippen molar-refractivity contribution in [2.75, 3.05) is 0 Å². The minimum Gasteiger partial charge on any atom is -0.385 e. The van der Waals surface area contributed by atoms with E-state index in [2.05, 4.69) is 21.0 Å². The highest BCUT2D eigenvalue weighted by molar-refractivity contribution is 6.02. The first-order chi connectivity index (χ1) is 11.2. The van der Waals surface area contributed by atoms with Gasteiger partial charge in [0.2, 0.25) is 0 Å². The van der Waals surface area contributed by atoms with Crippen LogP contribution in [0.25, 0.3) is 27.8 Å². The summed E-state index contributed by atoms with van der Waals surface area (Å²) >= 11 is 0. The SMILES string of the molecule is CC(O)c1nc2cnc3[nH]ccc3c2n1-c1ccc(C#N)cc1. The molecule has 0 bridgehead atoms. The second-order valence-electron chi connectivity index (χ2n) is 5.37. The molecule has 6 heteroatoms. The van der Waals surface area contributed by atoms with Crippen molar-refractivity contribution in [3.63, 3.8) is 0 Å².